The number of thiazole rings is 1. The average Bonchev–Trinajstić information content (AvgIpc) is 2.78. The number of amides is 1. The van der Waals surface area contributed by atoms with Crippen molar-refractivity contribution in [3.05, 3.63) is 10.6 Å². The standard InChI is InChI=1S/C12H20N4O4S2/c1-9-10(21-12(14-9)15-22(2,18)19)11(17)13-3-4-16-5-7-20-8-6-16/h3-8H2,1-2H3,(H,13,17)(H,14,15). The number of anilines is 1. The molecule has 1 aliphatic rings. The summed E-state index contributed by atoms with van der Waals surface area (Å²) in [7, 11) is -3.39. The molecule has 1 aliphatic heterocycles. The summed E-state index contributed by atoms with van der Waals surface area (Å²) in [5.41, 5.74) is 0.514. The molecule has 1 amide bonds. The van der Waals surface area contributed by atoms with Gasteiger partial charge in [0.2, 0.25) is 10.0 Å². The molecule has 124 valence electrons. The maximum Gasteiger partial charge on any atom is 0.263 e. The van der Waals surface area contributed by atoms with Gasteiger partial charge in [-0.15, -0.1) is 0 Å². The van der Waals surface area contributed by atoms with Gasteiger partial charge in [-0.3, -0.25) is 14.4 Å². The molecular formula is C12H20N4O4S2. The van der Waals surface area contributed by atoms with Crippen LogP contribution < -0.4 is 10.0 Å². The molecule has 1 saturated heterocycles. The van der Waals surface area contributed by atoms with E-state index in [-0.39, 0.29) is 11.0 Å². The molecule has 2 N–H and O–H groups in total. The number of aryl methyl sites for hydroxylation is 1. The number of hydrogen-bond acceptors (Lipinski definition) is 7. The molecule has 10 heteroatoms. The van der Waals surface area contributed by atoms with E-state index < -0.39 is 10.0 Å². The predicted octanol–water partition coefficient (Wildman–Crippen LogP) is -0.115. The second-order valence-electron chi connectivity index (χ2n) is 5.02. The number of sulfonamides is 1. The highest BCUT2D eigenvalue weighted by molar-refractivity contribution is 7.92. The minimum atomic E-state index is -3.39. The lowest BCUT2D eigenvalue weighted by atomic mass is 10.3. The Balaban J connectivity index is 1.86. The van der Waals surface area contributed by atoms with Crippen LogP contribution in [0.25, 0.3) is 0 Å². The van der Waals surface area contributed by atoms with Gasteiger partial charge in [0.15, 0.2) is 5.13 Å². The molecular weight excluding hydrogens is 328 g/mol. The van der Waals surface area contributed by atoms with Crippen LogP contribution in [0.3, 0.4) is 0 Å². The van der Waals surface area contributed by atoms with E-state index in [1.165, 1.54) is 0 Å². The lowest BCUT2D eigenvalue weighted by Gasteiger charge is -2.26. The van der Waals surface area contributed by atoms with Crippen molar-refractivity contribution in [2.75, 3.05) is 50.4 Å². The van der Waals surface area contributed by atoms with Gasteiger partial charge in [-0.2, -0.15) is 0 Å². The van der Waals surface area contributed by atoms with Crippen molar-refractivity contribution in [2.45, 2.75) is 6.92 Å². The average molecular weight is 348 g/mol. The zero-order chi connectivity index (χ0) is 16.2. The van der Waals surface area contributed by atoms with Gasteiger partial charge in [-0.05, 0) is 6.92 Å². The van der Waals surface area contributed by atoms with Crippen molar-refractivity contribution in [1.82, 2.24) is 15.2 Å². The van der Waals surface area contributed by atoms with E-state index in [1.807, 2.05) is 0 Å². The van der Waals surface area contributed by atoms with Gasteiger partial charge in [-0.25, -0.2) is 13.4 Å². The largest absolute Gasteiger partial charge is 0.379 e. The summed E-state index contributed by atoms with van der Waals surface area (Å²) in [5.74, 6) is -0.232. The Labute approximate surface area is 133 Å². The zero-order valence-electron chi connectivity index (χ0n) is 12.6. The van der Waals surface area contributed by atoms with E-state index in [0.717, 1.165) is 50.4 Å². The monoisotopic (exact) mass is 348 g/mol. The maximum absolute atomic E-state index is 12.1. The van der Waals surface area contributed by atoms with Crippen LogP contribution in [0.1, 0.15) is 15.4 Å². The highest BCUT2D eigenvalue weighted by Crippen LogP contribution is 2.23. The van der Waals surface area contributed by atoms with Gasteiger partial charge < -0.3 is 10.1 Å². The van der Waals surface area contributed by atoms with Crippen LogP contribution in [-0.2, 0) is 14.8 Å². The third-order valence-corrected chi connectivity index (χ3v) is 4.86. The number of rotatable bonds is 6. The molecule has 2 rings (SSSR count). The lowest BCUT2D eigenvalue weighted by molar-refractivity contribution is 0.0383. The fraction of sp³-hybridized carbons (Fsp3) is 0.667. The van der Waals surface area contributed by atoms with Crippen molar-refractivity contribution in [3.8, 4) is 0 Å². The van der Waals surface area contributed by atoms with Gasteiger partial charge in [0, 0.05) is 26.2 Å². The van der Waals surface area contributed by atoms with E-state index in [9.17, 15) is 13.2 Å². The van der Waals surface area contributed by atoms with Crippen molar-refractivity contribution in [2.24, 2.45) is 0 Å². The van der Waals surface area contributed by atoms with Crippen LogP contribution in [0.15, 0.2) is 0 Å². The van der Waals surface area contributed by atoms with Gasteiger partial charge >= 0.3 is 0 Å². The summed E-state index contributed by atoms with van der Waals surface area (Å²) in [6.45, 7) is 6.17. The number of nitrogens with zero attached hydrogens (tertiary/aromatic N) is 2. The summed E-state index contributed by atoms with van der Waals surface area (Å²) in [6.07, 6.45) is 1.05. The number of carbonyl (C=O) groups excluding carboxylic acids is 1. The Hall–Kier alpha value is -1.23. The summed E-state index contributed by atoms with van der Waals surface area (Å²) in [4.78, 5) is 18.8. The van der Waals surface area contributed by atoms with Crippen LogP contribution in [0.4, 0.5) is 5.13 Å². The molecule has 1 fully saturated rings. The molecule has 0 bridgehead atoms. The van der Waals surface area contributed by atoms with Crippen LogP contribution in [0, 0.1) is 6.92 Å². The van der Waals surface area contributed by atoms with Gasteiger partial charge in [0.05, 0.1) is 25.2 Å². The summed E-state index contributed by atoms with van der Waals surface area (Å²) < 4.78 is 29.9. The van der Waals surface area contributed by atoms with E-state index in [4.69, 9.17) is 4.74 Å². The van der Waals surface area contributed by atoms with Crippen molar-refractivity contribution >= 4 is 32.4 Å². The third-order valence-electron chi connectivity index (χ3n) is 3.09. The second kappa shape index (κ2) is 7.36. The molecule has 1 aromatic heterocycles. The summed E-state index contributed by atoms with van der Waals surface area (Å²) in [5, 5.41) is 3.04. The SMILES string of the molecule is Cc1nc(NS(C)(=O)=O)sc1C(=O)NCCN1CCOCC1. The quantitative estimate of drug-likeness (QED) is 0.744. The van der Waals surface area contributed by atoms with Crippen LogP contribution in [0.2, 0.25) is 0 Å². The first-order valence-electron chi connectivity index (χ1n) is 6.88. The van der Waals surface area contributed by atoms with Crippen molar-refractivity contribution < 1.29 is 17.9 Å². The Kier molecular flexibility index (Phi) is 5.73. The highest BCUT2D eigenvalue weighted by atomic mass is 32.2. The molecule has 1 aromatic rings. The van der Waals surface area contributed by atoms with E-state index in [0.29, 0.717) is 17.1 Å². The number of hydrogen-bond donors (Lipinski definition) is 2. The molecule has 0 radical (unpaired) electrons. The van der Waals surface area contributed by atoms with Crippen molar-refractivity contribution in [1.29, 1.82) is 0 Å². The minimum absolute atomic E-state index is 0.207. The number of carbonyl (C=O) groups is 1. The highest BCUT2D eigenvalue weighted by Gasteiger charge is 2.17. The first-order valence-corrected chi connectivity index (χ1v) is 9.59. The van der Waals surface area contributed by atoms with Gasteiger partial charge in [0.1, 0.15) is 4.88 Å². The molecule has 0 unspecified atom stereocenters. The number of morpholine rings is 1. The minimum Gasteiger partial charge on any atom is -0.379 e. The summed E-state index contributed by atoms with van der Waals surface area (Å²) in [6, 6.07) is 0. The van der Waals surface area contributed by atoms with E-state index in [1.54, 1.807) is 6.92 Å². The Morgan fingerprint density at radius 1 is 1.41 bits per heavy atom. The molecule has 22 heavy (non-hydrogen) atoms. The Morgan fingerprint density at radius 3 is 2.73 bits per heavy atom. The first kappa shape index (κ1) is 17.1. The summed E-state index contributed by atoms with van der Waals surface area (Å²) >= 11 is 1.03. The van der Waals surface area contributed by atoms with Crippen molar-refractivity contribution in [3.63, 3.8) is 0 Å². The first-order chi connectivity index (χ1) is 10.3. The third kappa shape index (κ3) is 5.20. The molecule has 8 nitrogen and oxygen atoms in total. The maximum atomic E-state index is 12.1. The van der Waals surface area contributed by atoms with E-state index in [2.05, 4.69) is 19.9 Å². The lowest BCUT2D eigenvalue weighted by Crippen LogP contribution is -2.41. The van der Waals surface area contributed by atoms with E-state index >= 15 is 0 Å². The normalized spacial score (nSPS) is 16.5. The predicted molar refractivity (Wildman–Crippen MR) is 84.9 cm³/mol. The number of nitrogens with one attached hydrogen (secondary N) is 2. The van der Waals surface area contributed by atoms with Crippen LogP contribution in [-0.4, -0.2) is 69.9 Å². The van der Waals surface area contributed by atoms with Crippen LogP contribution in [0.5, 0.6) is 0 Å². The topological polar surface area (TPSA) is 101 Å². The molecule has 0 saturated carbocycles. The molecule has 0 aromatic carbocycles. The Bertz CT molecular complexity index is 623. The number of aromatic nitrogens is 1. The van der Waals surface area contributed by atoms with Gasteiger partial charge in [0.25, 0.3) is 5.91 Å². The number of ether oxygens (including phenoxy) is 1. The second-order valence-corrected chi connectivity index (χ2v) is 7.77. The molecule has 0 spiro atoms. The molecule has 0 atom stereocenters. The van der Waals surface area contributed by atoms with Crippen LogP contribution >= 0.6 is 11.3 Å². The fourth-order valence-corrected chi connectivity index (χ4v) is 3.76. The Morgan fingerprint density at radius 2 is 2.09 bits per heavy atom. The molecule has 0 aliphatic carbocycles. The molecule has 2 heterocycles. The zero-order valence-corrected chi connectivity index (χ0v) is 14.2. The smallest absolute Gasteiger partial charge is 0.263 e. The van der Waals surface area contributed by atoms with Gasteiger partial charge in [-0.1, -0.05) is 11.3 Å². The fourth-order valence-electron chi connectivity index (χ4n) is 2.04.